The molecule has 1 saturated heterocycles. The highest BCUT2D eigenvalue weighted by Crippen LogP contribution is 2.21. The van der Waals surface area contributed by atoms with Crippen molar-refractivity contribution in [2.24, 2.45) is 0 Å². The summed E-state index contributed by atoms with van der Waals surface area (Å²) in [4.78, 5) is 12.9. The van der Waals surface area contributed by atoms with E-state index in [0.717, 1.165) is 11.8 Å². The van der Waals surface area contributed by atoms with Gasteiger partial charge >= 0.3 is 0 Å². The summed E-state index contributed by atoms with van der Waals surface area (Å²) in [5, 5.41) is 10.5. The molecule has 0 radical (unpaired) electrons. The minimum atomic E-state index is -3.02. The third kappa shape index (κ3) is 5.89. The van der Waals surface area contributed by atoms with Gasteiger partial charge in [0.1, 0.15) is 24.7 Å². The molecular weight excluding hydrogens is 378 g/mol. The first-order valence-electron chi connectivity index (χ1n) is 9.30. The summed E-state index contributed by atoms with van der Waals surface area (Å²) in [5.74, 6) is 0.824. The van der Waals surface area contributed by atoms with Crippen molar-refractivity contribution in [1.29, 1.82) is 0 Å². The van der Waals surface area contributed by atoms with Gasteiger partial charge in [0.2, 0.25) is 0 Å². The monoisotopic (exact) mass is 403 g/mol. The van der Waals surface area contributed by atoms with Crippen LogP contribution in [0.25, 0.3) is 0 Å². The first-order valence-corrected chi connectivity index (χ1v) is 11.1. The van der Waals surface area contributed by atoms with Gasteiger partial charge in [0.05, 0.1) is 11.5 Å². The van der Waals surface area contributed by atoms with Crippen LogP contribution in [-0.2, 0) is 16.4 Å². The molecule has 2 aromatic carbocycles. The molecule has 1 heterocycles. The zero-order valence-corrected chi connectivity index (χ0v) is 16.4. The van der Waals surface area contributed by atoms with E-state index >= 15 is 0 Å². The molecule has 28 heavy (non-hydrogen) atoms. The van der Waals surface area contributed by atoms with Gasteiger partial charge in [-0.1, -0.05) is 42.5 Å². The molecule has 150 valence electrons. The first kappa shape index (κ1) is 20.5. The molecule has 0 aliphatic carbocycles. The molecule has 0 saturated carbocycles. The molecule has 2 atom stereocenters. The highest BCUT2D eigenvalue weighted by atomic mass is 32.2. The third-order valence-electron chi connectivity index (χ3n) is 4.84. The van der Waals surface area contributed by atoms with E-state index < -0.39 is 15.9 Å². The highest BCUT2D eigenvalue weighted by Gasteiger charge is 2.33. The van der Waals surface area contributed by atoms with Crippen molar-refractivity contribution in [2.45, 2.75) is 25.1 Å². The molecule has 7 heteroatoms. The molecule has 0 amide bonds. The number of carbonyl (C=O) groups is 1. The smallest absolute Gasteiger partial charge is 0.151 e. The van der Waals surface area contributed by atoms with E-state index in [2.05, 4.69) is 0 Å². The van der Waals surface area contributed by atoms with Gasteiger partial charge in [-0.2, -0.15) is 0 Å². The topological polar surface area (TPSA) is 83.9 Å². The summed E-state index contributed by atoms with van der Waals surface area (Å²) in [6.45, 7) is 0.939. The molecule has 1 N–H and O–H groups in total. The largest absolute Gasteiger partial charge is 0.491 e. The number of hydrogen-bond acceptors (Lipinski definition) is 6. The third-order valence-corrected chi connectivity index (χ3v) is 6.59. The van der Waals surface area contributed by atoms with Crippen molar-refractivity contribution in [2.75, 3.05) is 24.7 Å². The Morgan fingerprint density at radius 2 is 1.96 bits per heavy atom. The summed E-state index contributed by atoms with van der Waals surface area (Å²) in [5.41, 5.74) is 1.58. The Morgan fingerprint density at radius 3 is 2.64 bits per heavy atom. The van der Waals surface area contributed by atoms with Gasteiger partial charge in [0, 0.05) is 24.7 Å². The fourth-order valence-corrected chi connectivity index (χ4v) is 5.18. The zero-order chi connectivity index (χ0) is 20.0. The zero-order valence-electron chi connectivity index (χ0n) is 15.6. The SMILES string of the molecule is O=Cc1cccc(OCC(O)CN(Cc2ccccc2)C2CCS(=O)(=O)C2)c1. The highest BCUT2D eigenvalue weighted by molar-refractivity contribution is 7.91. The number of rotatable bonds is 9. The van der Waals surface area contributed by atoms with Crippen LogP contribution >= 0.6 is 0 Å². The van der Waals surface area contributed by atoms with E-state index in [9.17, 15) is 18.3 Å². The standard InChI is InChI=1S/C21H25NO5S/c23-14-18-7-4-8-21(11-18)27-15-20(24)13-22(12-17-5-2-1-3-6-17)19-9-10-28(25,26)16-19/h1-8,11,14,19-20,24H,9-10,12-13,15-16H2. The minimum absolute atomic E-state index is 0.0626. The summed E-state index contributed by atoms with van der Waals surface area (Å²) >= 11 is 0. The summed E-state index contributed by atoms with van der Waals surface area (Å²) in [6.07, 6.45) is 0.530. The van der Waals surface area contributed by atoms with Gasteiger partial charge in [-0.15, -0.1) is 0 Å². The second kappa shape index (κ2) is 9.32. The van der Waals surface area contributed by atoms with Crippen molar-refractivity contribution < 1.29 is 23.1 Å². The van der Waals surface area contributed by atoms with Crippen molar-refractivity contribution in [1.82, 2.24) is 4.90 Å². The molecule has 0 bridgehead atoms. The lowest BCUT2D eigenvalue weighted by Crippen LogP contribution is -2.42. The molecule has 2 aromatic rings. The fraction of sp³-hybridized carbons (Fsp3) is 0.381. The Kier molecular flexibility index (Phi) is 6.83. The molecule has 6 nitrogen and oxygen atoms in total. The van der Waals surface area contributed by atoms with E-state index in [-0.39, 0.29) is 24.2 Å². The number of sulfone groups is 1. The number of carbonyl (C=O) groups excluding carboxylic acids is 1. The van der Waals surface area contributed by atoms with Gasteiger partial charge in [0.25, 0.3) is 0 Å². The van der Waals surface area contributed by atoms with Gasteiger partial charge in [0.15, 0.2) is 9.84 Å². The van der Waals surface area contributed by atoms with Gasteiger partial charge in [-0.25, -0.2) is 8.42 Å². The second-order valence-corrected chi connectivity index (χ2v) is 9.36. The predicted octanol–water partition coefficient (Wildman–Crippen LogP) is 1.93. The molecule has 1 fully saturated rings. The van der Waals surface area contributed by atoms with Gasteiger partial charge in [-0.3, -0.25) is 9.69 Å². The Morgan fingerprint density at radius 1 is 1.18 bits per heavy atom. The Balaban J connectivity index is 1.63. The second-order valence-electron chi connectivity index (χ2n) is 7.13. The van der Waals surface area contributed by atoms with E-state index in [4.69, 9.17) is 4.74 Å². The van der Waals surface area contributed by atoms with Crippen LogP contribution in [0.3, 0.4) is 0 Å². The quantitative estimate of drug-likeness (QED) is 0.644. The van der Waals surface area contributed by atoms with E-state index in [1.807, 2.05) is 35.2 Å². The van der Waals surface area contributed by atoms with Crippen LogP contribution < -0.4 is 4.74 Å². The summed E-state index contributed by atoms with van der Waals surface area (Å²) in [7, 11) is -3.02. The summed E-state index contributed by atoms with van der Waals surface area (Å²) in [6, 6.07) is 16.4. The Bertz CT molecular complexity index is 885. The maximum Gasteiger partial charge on any atom is 0.151 e. The lowest BCUT2D eigenvalue weighted by atomic mass is 10.1. The number of hydrogen-bond donors (Lipinski definition) is 1. The van der Waals surface area contributed by atoms with Crippen molar-refractivity contribution >= 4 is 16.1 Å². The fourth-order valence-electron chi connectivity index (χ4n) is 3.42. The van der Waals surface area contributed by atoms with Crippen LogP contribution in [0.4, 0.5) is 0 Å². The normalized spacial score (nSPS) is 19.4. The van der Waals surface area contributed by atoms with E-state index in [1.165, 1.54) is 0 Å². The number of nitrogens with zero attached hydrogens (tertiary/aromatic N) is 1. The molecule has 1 aliphatic rings. The maximum absolute atomic E-state index is 11.9. The number of benzene rings is 2. The van der Waals surface area contributed by atoms with Crippen LogP contribution in [0.1, 0.15) is 22.3 Å². The number of ether oxygens (including phenoxy) is 1. The molecule has 2 unspecified atom stereocenters. The van der Waals surface area contributed by atoms with E-state index in [0.29, 0.717) is 30.8 Å². The first-order chi connectivity index (χ1) is 13.4. The van der Waals surface area contributed by atoms with Gasteiger partial charge in [-0.05, 0) is 24.1 Å². The van der Waals surface area contributed by atoms with Crippen molar-refractivity contribution in [3.8, 4) is 5.75 Å². The lowest BCUT2D eigenvalue weighted by molar-refractivity contribution is 0.0524. The van der Waals surface area contributed by atoms with Crippen molar-refractivity contribution in [3.63, 3.8) is 0 Å². The molecule has 3 rings (SSSR count). The molecule has 0 spiro atoms. The van der Waals surface area contributed by atoms with Crippen molar-refractivity contribution in [3.05, 3.63) is 65.7 Å². The van der Waals surface area contributed by atoms with Gasteiger partial charge < -0.3 is 9.84 Å². The molecular formula is C21H25NO5S. The van der Waals surface area contributed by atoms with Crippen LogP contribution in [0.5, 0.6) is 5.75 Å². The predicted molar refractivity (Wildman–Crippen MR) is 107 cm³/mol. The minimum Gasteiger partial charge on any atom is -0.491 e. The Labute approximate surface area is 165 Å². The number of aliphatic hydroxyl groups is 1. The number of aliphatic hydroxyl groups excluding tert-OH is 1. The van der Waals surface area contributed by atoms with Crippen LogP contribution in [0.2, 0.25) is 0 Å². The lowest BCUT2D eigenvalue weighted by Gasteiger charge is -2.30. The average molecular weight is 404 g/mol. The average Bonchev–Trinajstić information content (AvgIpc) is 3.06. The van der Waals surface area contributed by atoms with E-state index in [1.54, 1.807) is 24.3 Å². The summed E-state index contributed by atoms with van der Waals surface area (Å²) < 4.78 is 29.4. The maximum atomic E-state index is 11.9. The van der Waals surface area contributed by atoms with Crippen LogP contribution in [-0.4, -0.2) is 61.5 Å². The molecule has 0 aromatic heterocycles. The van der Waals surface area contributed by atoms with Crippen LogP contribution in [0.15, 0.2) is 54.6 Å². The molecule has 1 aliphatic heterocycles. The number of aldehydes is 1. The van der Waals surface area contributed by atoms with Crippen LogP contribution in [0, 0.1) is 0 Å². The Hall–Kier alpha value is -2.22.